The summed E-state index contributed by atoms with van der Waals surface area (Å²) >= 11 is 0. The first-order valence-electron chi connectivity index (χ1n) is 1.34. The molecular weight excluding hydrogens is 215 g/mol. The zero-order valence-corrected chi connectivity index (χ0v) is 6.49. The van der Waals surface area contributed by atoms with Gasteiger partial charge in [0.15, 0.2) is 0 Å². The average molecular weight is 217 g/mol. The van der Waals surface area contributed by atoms with Crippen LogP contribution in [0, 0.1) is 0 Å². The Balaban J connectivity index is 0. The number of hydrogen-bond acceptors (Lipinski definition) is 4. The summed E-state index contributed by atoms with van der Waals surface area (Å²) in [5, 5.41) is 0. The van der Waals surface area contributed by atoms with Gasteiger partial charge in [-0.2, -0.15) is 16.8 Å². The molecule has 0 heterocycles. The molecule has 0 unspecified atom stereocenters. The highest BCUT2D eigenvalue weighted by Crippen LogP contribution is 1.82. The van der Waals surface area contributed by atoms with Gasteiger partial charge in [0.25, 0.3) is 0 Å². The van der Waals surface area contributed by atoms with Gasteiger partial charge in [-0.1, -0.05) is 3.89 Å². The summed E-state index contributed by atoms with van der Waals surface area (Å²) in [5.74, 6) is 0. The van der Waals surface area contributed by atoms with E-state index in [-0.39, 0.29) is 0 Å². The molecule has 6 nitrogen and oxygen atoms in total. The van der Waals surface area contributed by atoms with Crippen molar-refractivity contribution in [2.45, 2.75) is 0 Å². The van der Waals surface area contributed by atoms with Crippen LogP contribution in [0.1, 0.15) is 0 Å². The van der Waals surface area contributed by atoms with Crippen molar-refractivity contribution in [3.05, 3.63) is 0 Å². The summed E-state index contributed by atoms with van der Waals surface area (Å²) in [6.07, 6.45) is 0. The van der Waals surface area contributed by atoms with Crippen molar-refractivity contribution in [2.75, 3.05) is 0 Å². The zero-order chi connectivity index (χ0) is 9.00. The van der Waals surface area contributed by atoms with Crippen LogP contribution in [0.25, 0.3) is 0 Å². The minimum atomic E-state index is -5.17. The fourth-order valence-corrected chi connectivity index (χ4v) is 0. The second-order valence-corrected chi connectivity index (χ2v) is 3.64. The third-order valence-electron chi connectivity index (χ3n) is 0. The van der Waals surface area contributed by atoms with Gasteiger partial charge < -0.3 is 0 Å². The highest BCUT2D eigenvalue weighted by atomic mass is 35.7. The molecule has 0 saturated heterocycles. The molecule has 2 N–H and O–H groups in total. The summed E-state index contributed by atoms with van der Waals surface area (Å²) in [6.45, 7) is 0. The predicted octanol–water partition coefficient (Wildman–Crippen LogP) is -0.213. The van der Waals surface area contributed by atoms with E-state index in [1.807, 2.05) is 0 Å². The number of rotatable bonds is 0. The smallest absolute Gasteiger partial charge is 0.273 e. The Hall–Kier alpha value is 0.0400. The molecule has 0 atom stereocenters. The fraction of sp³-hybridized carbons (Fsp3) is 0. The Bertz CT molecular complexity index is 212. The lowest BCUT2D eigenvalue weighted by atomic mass is 15.9. The lowest BCUT2D eigenvalue weighted by molar-refractivity contribution is 0.435. The second kappa shape index (κ2) is 4.03. The Morgan fingerprint density at radius 1 is 1.10 bits per heavy atom. The molecular formula is H2ClFO6S2. The fourth-order valence-electron chi connectivity index (χ4n) is 0. The third kappa shape index (κ3) is 249000. The van der Waals surface area contributed by atoms with Crippen LogP contribution in [0.2, 0.25) is 0 Å². The highest BCUT2D eigenvalue weighted by molar-refractivity contribution is 8.09. The van der Waals surface area contributed by atoms with Gasteiger partial charge in [-0.15, -0.1) is 0 Å². The molecule has 0 aromatic heterocycles. The molecule has 0 radical (unpaired) electrons. The number of hydrogen-bond donors (Lipinski definition) is 2. The molecule has 0 aromatic carbocycles. The molecule has 0 saturated carbocycles. The first-order chi connectivity index (χ1) is 4.00. The Morgan fingerprint density at radius 3 is 1.10 bits per heavy atom. The Morgan fingerprint density at radius 2 is 1.10 bits per heavy atom. The van der Waals surface area contributed by atoms with Gasteiger partial charge in [0.05, 0.1) is 0 Å². The SMILES string of the molecule is O=S(=O)(O)Cl.O=S(=O)(O)F. The van der Waals surface area contributed by atoms with Crippen molar-refractivity contribution in [3.8, 4) is 0 Å². The summed E-state index contributed by atoms with van der Waals surface area (Å²) in [6, 6.07) is 0. The third-order valence-corrected chi connectivity index (χ3v) is 0. The summed E-state index contributed by atoms with van der Waals surface area (Å²) in [5.41, 5.74) is 0. The second-order valence-electron chi connectivity index (χ2n) is 0.824. The van der Waals surface area contributed by atoms with Crippen molar-refractivity contribution in [3.63, 3.8) is 0 Å². The zero-order valence-electron chi connectivity index (χ0n) is 4.10. The molecule has 64 valence electrons. The molecule has 0 spiro atoms. The summed E-state index contributed by atoms with van der Waals surface area (Å²) in [7, 11) is -5.30. The van der Waals surface area contributed by atoms with Crippen molar-refractivity contribution < 1.29 is 29.8 Å². The van der Waals surface area contributed by atoms with Crippen molar-refractivity contribution in [2.24, 2.45) is 0 Å². The van der Waals surface area contributed by atoms with Crippen LogP contribution in [0.15, 0.2) is 0 Å². The van der Waals surface area contributed by atoms with Crippen LogP contribution in [-0.4, -0.2) is 25.9 Å². The molecule has 0 rings (SSSR count). The van der Waals surface area contributed by atoms with Gasteiger partial charge >= 0.3 is 19.8 Å². The van der Waals surface area contributed by atoms with E-state index in [1.54, 1.807) is 0 Å². The van der Waals surface area contributed by atoms with Gasteiger partial charge in [-0.25, -0.2) is 0 Å². The molecule has 0 bridgehead atoms. The maximum atomic E-state index is 10.2. The largest absolute Gasteiger partial charge is 0.435 e. The van der Waals surface area contributed by atoms with E-state index in [0.717, 1.165) is 0 Å². The van der Waals surface area contributed by atoms with Crippen LogP contribution in [-0.2, 0) is 19.8 Å². The highest BCUT2D eigenvalue weighted by Gasteiger charge is 1.89. The molecule has 0 aliphatic rings. The molecule has 0 aliphatic carbocycles. The van der Waals surface area contributed by atoms with Gasteiger partial charge in [-0.3, -0.25) is 9.11 Å². The standard InChI is InChI=1S/ClHO3S.FHO3S/c2*1-5(2,3)4/h2*(H,2,3,4). The van der Waals surface area contributed by atoms with Crippen LogP contribution in [0.4, 0.5) is 3.89 Å². The van der Waals surface area contributed by atoms with Crippen LogP contribution in [0.5, 0.6) is 0 Å². The predicted molar refractivity (Wildman–Crippen MR) is 30.1 cm³/mol. The van der Waals surface area contributed by atoms with Gasteiger partial charge in [0, 0.05) is 10.7 Å². The van der Waals surface area contributed by atoms with Crippen molar-refractivity contribution in [1.29, 1.82) is 0 Å². The normalized spacial score (nSPS) is 11.6. The lowest BCUT2D eigenvalue weighted by Gasteiger charge is -1.65. The van der Waals surface area contributed by atoms with Crippen LogP contribution >= 0.6 is 10.7 Å². The van der Waals surface area contributed by atoms with E-state index in [0.29, 0.717) is 0 Å². The lowest BCUT2D eigenvalue weighted by Crippen LogP contribution is -1.80. The van der Waals surface area contributed by atoms with E-state index < -0.39 is 19.8 Å². The summed E-state index contributed by atoms with van der Waals surface area (Å²) < 4.78 is 59.2. The van der Waals surface area contributed by atoms with E-state index in [4.69, 9.17) is 25.9 Å². The molecule has 10 heavy (non-hydrogen) atoms. The molecule has 0 aromatic rings. The molecule has 0 amide bonds. The Labute approximate surface area is 60.9 Å². The first-order valence-corrected chi connectivity index (χ1v) is 4.95. The minimum absolute atomic E-state index is 4.06. The summed E-state index contributed by atoms with van der Waals surface area (Å²) in [4.78, 5) is 0. The van der Waals surface area contributed by atoms with Crippen molar-refractivity contribution >= 4 is 30.5 Å². The molecule has 10 heteroatoms. The van der Waals surface area contributed by atoms with Gasteiger partial charge in [-0.05, 0) is 0 Å². The quantitative estimate of drug-likeness (QED) is 0.428. The topological polar surface area (TPSA) is 109 Å². The van der Waals surface area contributed by atoms with E-state index in [2.05, 4.69) is 10.7 Å². The number of halogens is 2. The van der Waals surface area contributed by atoms with Crippen LogP contribution < -0.4 is 0 Å². The molecule has 0 aliphatic heterocycles. The minimum Gasteiger partial charge on any atom is -0.273 e. The van der Waals surface area contributed by atoms with E-state index >= 15 is 0 Å². The maximum absolute atomic E-state index is 10.2. The van der Waals surface area contributed by atoms with Crippen LogP contribution in [0.3, 0.4) is 0 Å². The molecule has 0 fully saturated rings. The van der Waals surface area contributed by atoms with E-state index in [9.17, 15) is 3.89 Å². The van der Waals surface area contributed by atoms with Crippen molar-refractivity contribution in [1.82, 2.24) is 0 Å². The Kier molecular flexibility index (Phi) is 5.12. The van der Waals surface area contributed by atoms with E-state index in [1.165, 1.54) is 0 Å². The first kappa shape index (κ1) is 12.7. The average Bonchev–Trinajstić information content (AvgIpc) is 1.12. The van der Waals surface area contributed by atoms with Gasteiger partial charge in [0.2, 0.25) is 0 Å². The monoisotopic (exact) mass is 216 g/mol. The maximum Gasteiger partial charge on any atom is 0.435 e. The van der Waals surface area contributed by atoms with Gasteiger partial charge in [0.1, 0.15) is 0 Å².